The lowest BCUT2D eigenvalue weighted by Crippen LogP contribution is -1.99. The Bertz CT molecular complexity index is 708. The molecule has 5 heteroatoms. The number of hydrogen-bond acceptors (Lipinski definition) is 2. The van der Waals surface area contributed by atoms with Gasteiger partial charge in [-0.05, 0) is 43.2 Å². The third-order valence-electron chi connectivity index (χ3n) is 2.92. The maximum absolute atomic E-state index is 8.11. The number of benzene rings is 1. The maximum Gasteiger partial charge on any atom is 0.0683 e. The van der Waals surface area contributed by atoms with Crippen molar-refractivity contribution in [3.05, 3.63) is 74.5 Å². The Balaban J connectivity index is 2.16. The van der Waals surface area contributed by atoms with Gasteiger partial charge in [0.25, 0.3) is 0 Å². The fourth-order valence-corrected chi connectivity index (χ4v) is 2.48. The summed E-state index contributed by atoms with van der Waals surface area (Å²) in [6.45, 7) is 1.96. The molecule has 2 nitrogen and oxygen atoms in total. The van der Waals surface area contributed by atoms with Crippen LogP contribution in [0.4, 0.5) is 0 Å². The lowest BCUT2D eigenvalue weighted by molar-refractivity contribution is 1.15. The van der Waals surface area contributed by atoms with Crippen molar-refractivity contribution in [2.45, 2.75) is 13.3 Å². The van der Waals surface area contributed by atoms with Crippen molar-refractivity contribution in [3.63, 3.8) is 0 Å². The molecule has 0 amide bonds. The van der Waals surface area contributed by atoms with E-state index in [0.717, 1.165) is 11.1 Å². The van der Waals surface area contributed by atoms with Crippen molar-refractivity contribution in [2.75, 3.05) is 0 Å². The van der Waals surface area contributed by atoms with Crippen molar-refractivity contribution in [1.82, 2.24) is 4.98 Å². The van der Waals surface area contributed by atoms with Crippen LogP contribution in [0, 0.1) is 5.41 Å². The number of pyridine rings is 1. The van der Waals surface area contributed by atoms with Crippen molar-refractivity contribution in [1.29, 1.82) is 5.41 Å². The van der Waals surface area contributed by atoms with E-state index >= 15 is 0 Å². The van der Waals surface area contributed by atoms with Gasteiger partial charge in [0.15, 0.2) is 0 Å². The molecule has 0 saturated heterocycles. The molecule has 1 aromatic heterocycles. The van der Waals surface area contributed by atoms with Crippen LogP contribution in [0.5, 0.6) is 0 Å². The minimum atomic E-state index is 0.361. The smallest absolute Gasteiger partial charge is 0.0683 e. The molecule has 0 radical (unpaired) electrons. The predicted molar refractivity (Wildman–Crippen MR) is 90.0 cm³/mol. The topological polar surface area (TPSA) is 36.7 Å². The van der Waals surface area contributed by atoms with Gasteiger partial charge in [-0.1, -0.05) is 46.4 Å². The van der Waals surface area contributed by atoms with Gasteiger partial charge in [0.2, 0.25) is 0 Å². The second-order valence-electron chi connectivity index (χ2n) is 4.69. The fourth-order valence-electron chi connectivity index (χ4n) is 1.94. The van der Waals surface area contributed by atoms with E-state index in [1.54, 1.807) is 24.4 Å². The molecular formula is C16H13Cl3N2. The first-order valence-electron chi connectivity index (χ1n) is 6.27. The zero-order valence-corrected chi connectivity index (χ0v) is 13.6. The number of halogens is 3. The summed E-state index contributed by atoms with van der Waals surface area (Å²) in [5, 5.41) is 9.66. The SMILES string of the molecule is C/C(=C\C(=N)c1ccncc1Cl)Cc1ccc(Cl)c(Cl)c1. The minimum Gasteiger partial charge on any atom is -0.300 e. The van der Waals surface area contributed by atoms with Crippen LogP contribution in [0.25, 0.3) is 0 Å². The molecule has 2 aromatic rings. The molecule has 1 heterocycles. The van der Waals surface area contributed by atoms with E-state index in [4.69, 9.17) is 40.2 Å². The molecule has 0 aliphatic heterocycles. The van der Waals surface area contributed by atoms with E-state index in [0.29, 0.717) is 32.8 Å². The Kier molecular flexibility index (Phi) is 5.40. The van der Waals surface area contributed by atoms with E-state index in [9.17, 15) is 0 Å². The molecule has 108 valence electrons. The zero-order chi connectivity index (χ0) is 15.4. The lowest BCUT2D eigenvalue weighted by Gasteiger charge is -2.06. The summed E-state index contributed by atoms with van der Waals surface area (Å²) in [6.07, 6.45) is 5.65. The highest BCUT2D eigenvalue weighted by atomic mass is 35.5. The average molecular weight is 340 g/mol. The summed E-state index contributed by atoms with van der Waals surface area (Å²) in [4.78, 5) is 3.92. The van der Waals surface area contributed by atoms with E-state index in [1.165, 1.54) is 6.20 Å². The summed E-state index contributed by atoms with van der Waals surface area (Å²) in [6, 6.07) is 7.27. The quantitative estimate of drug-likeness (QED) is 0.723. The molecule has 0 aliphatic carbocycles. The number of nitrogens with zero attached hydrogens (tertiary/aromatic N) is 1. The van der Waals surface area contributed by atoms with Crippen LogP contribution < -0.4 is 0 Å². The van der Waals surface area contributed by atoms with Gasteiger partial charge in [0.1, 0.15) is 0 Å². The number of nitrogens with one attached hydrogen (secondary N) is 1. The fraction of sp³-hybridized carbons (Fsp3) is 0.125. The molecule has 0 aliphatic rings. The van der Waals surface area contributed by atoms with Gasteiger partial charge in [0, 0.05) is 18.0 Å². The molecule has 0 fully saturated rings. The van der Waals surface area contributed by atoms with Gasteiger partial charge < -0.3 is 5.41 Å². The van der Waals surface area contributed by atoms with Crippen molar-refractivity contribution < 1.29 is 0 Å². The maximum atomic E-state index is 8.11. The van der Waals surface area contributed by atoms with Crippen LogP contribution >= 0.6 is 34.8 Å². The van der Waals surface area contributed by atoms with Crippen LogP contribution in [-0.4, -0.2) is 10.7 Å². The van der Waals surface area contributed by atoms with E-state index in [2.05, 4.69) is 4.98 Å². The van der Waals surface area contributed by atoms with Crippen molar-refractivity contribution in [3.8, 4) is 0 Å². The number of allylic oxidation sites excluding steroid dienone is 2. The third-order valence-corrected chi connectivity index (χ3v) is 3.96. The standard InChI is InChI=1S/C16H13Cl3N2/c1-10(6-11-2-3-13(17)14(18)8-11)7-16(20)12-4-5-21-9-15(12)19/h2-5,7-9,20H,6H2,1H3/b10-7+,20-16?. The van der Waals surface area contributed by atoms with Gasteiger partial charge in [-0.25, -0.2) is 0 Å². The molecule has 1 N–H and O–H groups in total. The van der Waals surface area contributed by atoms with E-state index in [-0.39, 0.29) is 0 Å². The van der Waals surface area contributed by atoms with Gasteiger partial charge >= 0.3 is 0 Å². The van der Waals surface area contributed by atoms with E-state index < -0.39 is 0 Å². The second kappa shape index (κ2) is 7.08. The first-order valence-corrected chi connectivity index (χ1v) is 7.40. The Morgan fingerprint density at radius 1 is 1.14 bits per heavy atom. The molecule has 0 bridgehead atoms. The van der Waals surface area contributed by atoms with Crippen LogP contribution in [0.15, 0.2) is 48.3 Å². The largest absolute Gasteiger partial charge is 0.300 e. The van der Waals surface area contributed by atoms with Crippen LogP contribution in [-0.2, 0) is 6.42 Å². The first kappa shape index (κ1) is 16.0. The minimum absolute atomic E-state index is 0.361. The van der Waals surface area contributed by atoms with Gasteiger partial charge in [-0.2, -0.15) is 0 Å². The van der Waals surface area contributed by atoms with Gasteiger partial charge in [-0.15, -0.1) is 0 Å². The molecule has 21 heavy (non-hydrogen) atoms. The average Bonchev–Trinajstić information content (AvgIpc) is 2.43. The van der Waals surface area contributed by atoms with Crippen LogP contribution in [0.3, 0.4) is 0 Å². The van der Waals surface area contributed by atoms with Gasteiger partial charge in [0.05, 0.1) is 20.8 Å². The van der Waals surface area contributed by atoms with Gasteiger partial charge in [-0.3, -0.25) is 4.98 Å². The van der Waals surface area contributed by atoms with Crippen molar-refractivity contribution >= 4 is 40.5 Å². The third kappa shape index (κ3) is 4.31. The Morgan fingerprint density at radius 3 is 2.57 bits per heavy atom. The van der Waals surface area contributed by atoms with E-state index in [1.807, 2.05) is 19.1 Å². The highest BCUT2D eigenvalue weighted by Gasteiger charge is 2.05. The molecule has 0 unspecified atom stereocenters. The summed E-state index contributed by atoms with van der Waals surface area (Å²) in [5.41, 5.74) is 3.11. The zero-order valence-electron chi connectivity index (χ0n) is 11.3. The Hall–Kier alpha value is -1.35. The lowest BCUT2D eigenvalue weighted by atomic mass is 10.0. The summed E-state index contributed by atoms with van der Waals surface area (Å²) >= 11 is 17.9. The summed E-state index contributed by atoms with van der Waals surface area (Å²) in [7, 11) is 0. The van der Waals surface area contributed by atoms with Crippen molar-refractivity contribution in [2.24, 2.45) is 0 Å². The summed E-state index contributed by atoms with van der Waals surface area (Å²) in [5.74, 6) is 0. The predicted octanol–water partition coefficient (Wildman–Crippen LogP) is 5.60. The highest BCUT2D eigenvalue weighted by Crippen LogP contribution is 2.24. The molecule has 0 spiro atoms. The molecule has 1 aromatic carbocycles. The highest BCUT2D eigenvalue weighted by molar-refractivity contribution is 6.42. The molecule has 0 atom stereocenters. The van der Waals surface area contributed by atoms with Crippen LogP contribution in [0.1, 0.15) is 18.1 Å². The number of hydrogen-bond donors (Lipinski definition) is 1. The Labute approximate surface area is 138 Å². The first-order chi connectivity index (χ1) is 9.97. The normalized spacial score (nSPS) is 11.5. The molecule has 2 rings (SSSR count). The van der Waals surface area contributed by atoms with Crippen LogP contribution in [0.2, 0.25) is 15.1 Å². The molecule has 0 saturated carbocycles. The monoisotopic (exact) mass is 338 g/mol. The number of rotatable bonds is 4. The number of aromatic nitrogens is 1. The summed E-state index contributed by atoms with van der Waals surface area (Å²) < 4.78 is 0. The Morgan fingerprint density at radius 2 is 1.90 bits per heavy atom. The second-order valence-corrected chi connectivity index (χ2v) is 5.91. The molecular weight excluding hydrogens is 327 g/mol.